The van der Waals surface area contributed by atoms with Gasteiger partial charge in [0.05, 0.1) is 0 Å². The highest BCUT2D eigenvalue weighted by atomic mass is 16.4. The molecular weight excluding hydrogens is 478 g/mol. The van der Waals surface area contributed by atoms with Crippen LogP contribution in [-0.4, -0.2) is 74.0 Å². The monoisotopic (exact) mass is 514 g/mol. The fourth-order valence-corrected chi connectivity index (χ4v) is 1.90. The van der Waals surface area contributed by atoms with Gasteiger partial charge in [0.15, 0.2) is 0 Å². The molecule has 1 aromatic carbocycles. The normalized spacial score (nSPS) is 11.7. The number of carboxylic acid groups (broad SMARTS) is 5. The van der Waals surface area contributed by atoms with Crippen LogP contribution in [0, 0.1) is 0 Å². The Bertz CT molecular complexity index is 796. The van der Waals surface area contributed by atoms with Gasteiger partial charge in [-0.15, -0.1) is 0 Å². The van der Waals surface area contributed by atoms with Gasteiger partial charge < -0.3 is 42.7 Å². The van der Waals surface area contributed by atoms with Crippen LogP contribution in [0.5, 0.6) is 0 Å². The Labute approximate surface area is 210 Å². The molecule has 202 valence electrons. The number of nitrogens with two attached hydrogens (primary N) is 3. The van der Waals surface area contributed by atoms with Gasteiger partial charge in [0.2, 0.25) is 0 Å². The molecule has 2 atom stereocenters. The van der Waals surface area contributed by atoms with Crippen molar-refractivity contribution in [2.75, 3.05) is 6.54 Å². The first kappa shape index (κ1) is 34.1. The maximum atomic E-state index is 10.5. The molecule has 0 aliphatic heterocycles. The summed E-state index contributed by atoms with van der Waals surface area (Å²) in [5.41, 5.74) is 17.5. The third-order valence-corrected chi connectivity index (χ3v) is 3.41. The van der Waals surface area contributed by atoms with Crippen molar-refractivity contribution in [2.45, 2.75) is 44.7 Å². The molecule has 0 aliphatic rings. The second-order valence-corrected chi connectivity index (χ2v) is 6.90. The van der Waals surface area contributed by atoms with Crippen LogP contribution in [0.1, 0.15) is 31.7 Å². The minimum atomic E-state index is -1.26. The van der Waals surface area contributed by atoms with E-state index in [4.69, 9.17) is 39.1 Å². The third kappa shape index (κ3) is 34.5. The summed E-state index contributed by atoms with van der Waals surface area (Å²) in [5.74, 6) is -5.71. The Balaban J connectivity index is -0.000000421. The van der Waals surface area contributed by atoms with Crippen molar-refractivity contribution in [3.63, 3.8) is 0 Å². The topological polar surface area (TPSA) is 265 Å². The molecule has 1 aromatic rings. The molecule has 0 spiro atoms. The molecule has 13 nitrogen and oxygen atoms in total. The average molecular weight is 515 g/mol. The number of benzene rings is 1. The molecule has 0 bridgehead atoms. The van der Waals surface area contributed by atoms with Crippen LogP contribution in [0.3, 0.4) is 0 Å². The minimum Gasteiger partial charge on any atom is -0.480 e. The van der Waals surface area contributed by atoms with Gasteiger partial charge in [0, 0.05) is 30.3 Å². The molecule has 36 heavy (non-hydrogen) atoms. The molecule has 11 N–H and O–H groups in total. The first-order valence-corrected chi connectivity index (χ1v) is 10.5. The van der Waals surface area contributed by atoms with Crippen molar-refractivity contribution in [2.24, 2.45) is 17.2 Å². The van der Waals surface area contributed by atoms with E-state index >= 15 is 0 Å². The molecule has 0 radical (unpaired) electrons. The number of unbranched alkanes of at least 4 members (excludes halogenated alkanes) is 1. The summed E-state index contributed by atoms with van der Waals surface area (Å²) in [5, 5.41) is 34.9. The van der Waals surface area contributed by atoms with Gasteiger partial charge in [-0.1, -0.05) is 36.8 Å². The predicted molar refractivity (Wildman–Crippen MR) is 131 cm³/mol. The Morgan fingerprint density at radius 1 is 0.833 bits per heavy atom. The first-order chi connectivity index (χ1) is 17.3. The zero-order valence-corrected chi connectivity index (χ0v) is 19.9. The summed E-state index contributed by atoms with van der Waals surface area (Å²) in [6.45, 7) is 2.62. The Morgan fingerprint density at radius 2 is 1.25 bits per heavy atom. The molecule has 0 fully saturated rings. The average Bonchev–Trinajstić information content (AvgIpc) is 2.82. The summed E-state index contributed by atoms with van der Waals surface area (Å²) in [6, 6.07) is 9.90. The van der Waals surface area contributed by atoms with Crippen LogP contribution in [-0.2, 0) is 30.4 Å². The third-order valence-electron chi connectivity index (χ3n) is 3.41. The Hall–Kier alpha value is -4.07. The summed E-state index contributed by atoms with van der Waals surface area (Å²) in [4.78, 5) is 48.8. The van der Waals surface area contributed by atoms with Gasteiger partial charge in [-0.25, -0.2) is 19.2 Å². The SMILES string of the molecule is CC(N)Cc1ccccc1.O=C(O)/C=C/C(=O)O.O=C(O)/C=C/C(=O)O.[2H]OC(=O)[C@@H](N)CCCCN. The highest BCUT2D eigenvalue weighted by molar-refractivity contribution is 5.90. The predicted octanol–water partition coefficient (Wildman–Crippen LogP) is 0.527. The number of aliphatic carboxylic acids is 5. The van der Waals surface area contributed by atoms with Crippen LogP contribution in [0.2, 0.25) is 0 Å². The highest BCUT2D eigenvalue weighted by Crippen LogP contribution is 2.00. The fraction of sp³-hybridized carbons (Fsp3) is 0.348. The van der Waals surface area contributed by atoms with Gasteiger partial charge >= 0.3 is 29.8 Å². The summed E-state index contributed by atoms with van der Waals surface area (Å²) in [6.07, 6.45) is 5.39. The van der Waals surface area contributed by atoms with Crippen molar-refractivity contribution in [3.8, 4) is 0 Å². The molecule has 0 aromatic heterocycles. The summed E-state index contributed by atoms with van der Waals surface area (Å²) in [7, 11) is 0. The number of carbonyl (C=O) groups is 5. The lowest BCUT2D eigenvalue weighted by Crippen LogP contribution is -2.29. The van der Waals surface area contributed by atoms with E-state index in [1.165, 1.54) is 5.56 Å². The minimum absolute atomic E-state index is 0.266. The zero-order chi connectivity index (χ0) is 29.2. The van der Waals surface area contributed by atoms with Gasteiger partial charge in [-0.2, -0.15) is 0 Å². The highest BCUT2D eigenvalue weighted by Gasteiger charge is 2.09. The molecule has 1 unspecified atom stereocenters. The lowest BCUT2D eigenvalue weighted by Gasteiger charge is -2.03. The zero-order valence-electron chi connectivity index (χ0n) is 20.9. The van der Waals surface area contributed by atoms with E-state index in [1.807, 2.05) is 25.1 Å². The van der Waals surface area contributed by atoms with E-state index in [-0.39, 0.29) is 6.04 Å². The van der Waals surface area contributed by atoms with E-state index in [0.717, 1.165) is 19.3 Å². The van der Waals surface area contributed by atoms with E-state index in [2.05, 4.69) is 17.2 Å². The molecule has 13 heteroatoms. The first-order valence-electron chi connectivity index (χ1n) is 10.9. The van der Waals surface area contributed by atoms with Crippen molar-refractivity contribution < 1.29 is 49.5 Å². The second-order valence-electron chi connectivity index (χ2n) is 6.90. The van der Waals surface area contributed by atoms with Crippen LogP contribution < -0.4 is 17.2 Å². The Kier molecular flexibility index (Phi) is 22.8. The van der Waals surface area contributed by atoms with Crippen LogP contribution in [0.4, 0.5) is 0 Å². The molecule has 0 amide bonds. The molecule has 0 heterocycles. The fourth-order valence-electron chi connectivity index (χ4n) is 1.90. The van der Waals surface area contributed by atoms with E-state index in [0.29, 0.717) is 37.3 Å². The van der Waals surface area contributed by atoms with Gasteiger partial charge in [-0.3, -0.25) is 4.79 Å². The van der Waals surface area contributed by atoms with Crippen molar-refractivity contribution in [1.29, 1.82) is 1.43 Å². The van der Waals surface area contributed by atoms with E-state index in [1.54, 1.807) is 0 Å². The number of rotatable bonds is 11. The summed E-state index contributed by atoms with van der Waals surface area (Å²) < 4.78 is 6.27. The van der Waals surface area contributed by atoms with E-state index in [9.17, 15) is 24.0 Å². The van der Waals surface area contributed by atoms with E-state index < -0.39 is 35.9 Å². The van der Waals surface area contributed by atoms with Gasteiger partial charge in [-0.05, 0) is 38.3 Å². The number of hydrogen-bond donors (Lipinski definition) is 8. The van der Waals surface area contributed by atoms with Gasteiger partial charge in [0.25, 0.3) is 1.43 Å². The number of carboxylic acids is 5. The standard InChI is InChI=1S/C9H13N.C6H14N2O2.2C4H4O4/c1-8(10)7-9-5-3-2-4-6-9;7-4-2-1-3-5(8)6(9)10;2*5-3(6)1-2-4(7)8/h2-6,8H,7,10H2,1H3;5H,1-4,7-8H2,(H,9,10);2*1-2H,(H,5,6)(H,7,8)/b;;2*2-1+/t;5-;;/m.0../s1/i/hD. The maximum absolute atomic E-state index is 10.5. The van der Waals surface area contributed by atoms with Crippen LogP contribution in [0.25, 0.3) is 1.43 Å². The smallest absolute Gasteiger partial charge is 0.328 e. The maximum Gasteiger partial charge on any atom is 0.328 e. The van der Waals surface area contributed by atoms with Crippen molar-refractivity contribution >= 4 is 29.8 Å². The summed E-state index contributed by atoms with van der Waals surface area (Å²) >= 11 is 0. The largest absolute Gasteiger partial charge is 0.480 e. The Morgan fingerprint density at radius 3 is 1.56 bits per heavy atom. The molecule has 0 saturated carbocycles. The quantitative estimate of drug-likeness (QED) is 0.148. The van der Waals surface area contributed by atoms with Crippen LogP contribution >= 0.6 is 0 Å². The number of hydrogen-bond acceptors (Lipinski definition) is 9. The second kappa shape index (κ2) is 24.1. The van der Waals surface area contributed by atoms with Gasteiger partial charge in [0.1, 0.15) is 6.04 Å². The van der Waals surface area contributed by atoms with Crippen LogP contribution in [0.15, 0.2) is 54.6 Å². The molecule has 0 saturated heterocycles. The lowest BCUT2D eigenvalue weighted by molar-refractivity contribution is -0.139. The molecule has 1 rings (SSSR count). The molecular formula is C23H35N3O10. The molecule has 0 aliphatic carbocycles. The lowest BCUT2D eigenvalue weighted by atomic mass is 10.1. The van der Waals surface area contributed by atoms with Crippen molar-refractivity contribution in [3.05, 3.63) is 60.2 Å². The van der Waals surface area contributed by atoms with Crippen molar-refractivity contribution in [1.82, 2.24) is 0 Å².